The van der Waals surface area contributed by atoms with E-state index in [1.54, 1.807) is 12.1 Å². The van der Waals surface area contributed by atoms with Crippen LogP contribution in [0.3, 0.4) is 0 Å². The van der Waals surface area contributed by atoms with Crippen LogP contribution in [0.15, 0.2) is 18.2 Å². The second-order valence-corrected chi connectivity index (χ2v) is 3.76. The molecule has 2 nitrogen and oxygen atoms in total. The largest absolute Gasteiger partial charge is 0.205 e. The number of nitriles is 2. The monoisotopic (exact) mass is 202 g/mol. The van der Waals surface area contributed by atoms with Crippen LogP contribution in [0.5, 0.6) is 0 Å². The van der Waals surface area contributed by atoms with Gasteiger partial charge in [-0.05, 0) is 18.2 Å². The summed E-state index contributed by atoms with van der Waals surface area (Å²) in [5, 5.41) is 17.6. The van der Waals surface area contributed by atoms with Crippen molar-refractivity contribution in [2.24, 2.45) is 0 Å². The Morgan fingerprint density at radius 2 is 2.00 bits per heavy atom. The van der Waals surface area contributed by atoms with Crippen LogP contribution in [0.2, 0.25) is 0 Å². The Balaban J connectivity index is 2.85. The minimum Gasteiger partial charge on any atom is -0.205 e. The number of hydrogen-bond acceptors (Lipinski definition) is 3. The highest BCUT2D eigenvalue weighted by Gasteiger charge is 2.09. The first-order valence-corrected chi connectivity index (χ1v) is 4.60. The van der Waals surface area contributed by atoms with Crippen LogP contribution in [0.25, 0.3) is 10.1 Å². The maximum Gasteiger partial charge on any atom is 0.149 e. The molecule has 2 aromatic rings. The van der Waals surface area contributed by atoms with Gasteiger partial charge in [0.1, 0.15) is 22.8 Å². The van der Waals surface area contributed by atoms with E-state index in [1.807, 2.05) is 6.07 Å². The molecule has 0 aliphatic rings. The van der Waals surface area contributed by atoms with Gasteiger partial charge in [-0.2, -0.15) is 10.5 Å². The summed E-state index contributed by atoms with van der Waals surface area (Å²) in [4.78, 5) is 0.453. The second kappa shape index (κ2) is 3.10. The number of thiophene rings is 1. The van der Waals surface area contributed by atoms with Gasteiger partial charge in [0.2, 0.25) is 0 Å². The lowest BCUT2D eigenvalue weighted by atomic mass is 10.1. The summed E-state index contributed by atoms with van der Waals surface area (Å²) in [5.74, 6) is -0.539. The van der Waals surface area contributed by atoms with E-state index in [1.165, 1.54) is 23.5 Å². The van der Waals surface area contributed by atoms with E-state index in [0.717, 1.165) is 0 Å². The standard InChI is InChI=1S/C10H3FN2S/c11-10-6(4-12)1-2-9-8(10)3-7(5-13)14-9/h1-3H. The molecule has 0 radical (unpaired) electrons. The van der Waals surface area contributed by atoms with Gasteiger partial charge in [-0.1, -0.05) is 0 Å². The predicted molar refractivity (Wildman–Crippen MR) is 51.2 cm³/mol. The van der Waals surface area contributed by atoms with Crippen LogP contribution in [0, 0.1) is 28.5 Å². The van der Waals surface area contributed by atoms with Gasteiger partial charge >= 0.3 is 0 Å². The quantitative estimate of drug-likeness (QED) is 0.659. The van der Waals surface area contributed by atoms with E-state index in [9.17, 15) is 4.39 Å². The molecule has 0 fully saturated rings. The molecule has 0 bridgehead atoms. The molecule has 4 heteroatoms. The maximum atomic E-state index is 13.5. The van der Waals surface area contributed by atoms with E-state index in [-0.39, 0.29) is 5.56 Å². The van der Waals surface area contributed by atoms with Gasteiger partial charge in [0, 0.05) is 10.1 Å². The van der Waals surface area contributed by atoms with Crippen molar-refractivity contribution < 1.29 is 4.39 Å². The highest BCUT2D eigenvalue weighted by atomic mass is 32.1. The summed E-state index contributed by atoms with van der Waals surface area (Å²) < 4.78 is 14.2. The van der Waals surface area contributed by atoms with Crippen molar-refractivity contribution in [1.29, 1.82) is 10.5 Å². The van der Waals surface area contributed by atoms with Gasteiger partial charge in [0.15, 0.2) is 0 Å². The van der Waals surface area contributed by atoms with Gasteiger partial charge in [-0.25, -0.2) is 4.39 Å². The number of halogens is 1. The molecule has 0 N–H and O–H groups in total. The van der Waals surface area contributed by atoms with Crippen LogP contribution in [-0.2, 0) is 0 Å². The van der Waals surface area contributed by atoms with Crippen LogP contribution >= 0.6 is 11.3 Å². The number of benzene rings is 1. The summed E-state index contributed by atoms with van der Waals surface area (Å²) in [7, 11) is 0. The van der Waals surface area contributed by atoms with Crippen LogP contribution in [-0.4, -0.2) is 0 Å². The molecule has 2 rings (SSSR count). The third-order valence-electron chi connectivity index (χ3n) is 1.87. The molecule has 0 aliphatic heterocycles. The van der Waals surface area contributed by atoms with Crippen molar-refractivity contribution in [3.05, 3.63) is 34.5 Å². The minimum absolute atomic E-state index is 0.0137. The molecule has 1 heterocycles. The van der Waals surface area contributed by atoms with E-state index in [0.29, 0.717) is 15.0 Å². The van der Waals surface area contributed by atoms with Crippen molar-refractivity contribution >= 4 is 21.4 Å². The summed E-state index contributed by atoms with van der Waals surface area (Å²) in [6, 6.07) is 8.26. The molecule has 1 aromatic heterocycles. The molecule has 0 saturated heterocycles. The van der Waals surface area contributed by atoms with E-state index < -0.39 is 5.82 Å². The summed E-state index contributed by atoms with van der Waals surface area (Å²) >= 11 is 1.22. The molecule has 66 valence electrons. The normalized spacial score (nSPS) is 9.64. The van der Waals surface area contributed by atoms with Gasteiger partial charge in [-0.15, -0.1) is 11.3 Å². The van der Waals surface area contributed by atoms with Gasteiger partial charge < -0.3 is 0 Å². The second-order valence-electron chi connectivity index (χ2n) is 2.67. The van der Waals surface area contributed by atoms with Gasteiger partial charge in [0.05, 0.1) is 5.56 Å². The average Bonchev–Trinajstić information content (AvgIpc) is 2.62. The maximum absolute atomic E-state index is 13.5. The Kier molecular flexibility index (Phi) is 1.92. The zero-order valence-electron chi connectivity index (χ0n) is 6.91. The lowest BCUT2D eigenvalue weighted by molar-refractivity contribution is 0.636. The fourth-order valence-electron chi connectivity index (χ4n) is 1.22. The van der Waals surface area contributed by atoms with Crippen LogP contribution in [0.4, 0.5) is 4.39 Å². The predicted octanol–water partition coefficient (Wildman–Crippen LogP) is 2.78. The van der Waals surface area contributed by atoms with Crippen molar-refractivity contribution in [1.82, 2.24) is 0 Å². The highest BCUT2D eigenvalue weighted by molar-refractivity contribution is 7.19. The highest BCUT2D eigenvalue weighted by Crippen LogP contribution is 2.28. The van der Waals surface area contributed by atoms with Crippen LogP contribution < -0.4 is 0 Å². The Labute approximate surface area is 83.4 Å². The Bertz CT molecular complexity index is 586. The SMILES string of the molecule is N#Cc1cc2c(F)c(C#N)ccc2s1. The first kappa shape index (κ1) is 8.68. The Morgan fingerprint density at radius 1 is 1.21 bits per heavy atom. The van der Waals surface area contributed by atoms with Crippen molar-refractivity contribution in [3.63, 3.8) is 0 Å². The summed E-state index contributed by atoms with van der Waals surface area (Å²) in [6.07, 6.45) is 0. The lowest BCUT2D eigenvalue weighted by Gasteiger charge is -1.93. The summed E-state index contributed by atoms with van der Waals surface area (Å²) in [5.41, 5.74) is 0.0137. The molecule has 0 atom stereocenters. The first-order chi connectivity index (χ1) is 6.76. The molecule has 0 amide bonds. The molecule has 0 saturated carbocycles. The Morgan fingerprint density at radius 3 is 2.64 bits per heavy atom. The molecule has 0 aliphatic carbocycles. The topological polar surface area (TPSA) is 47.6 Å². The molecule has 1 aromatic carbocycles. The van der Waals surface area contributed by atoms with Crippen LogP contribution in [0.1, 0.15) is 10.4 Å². The number of nitrogens with zero attached hydrogens (tertiary/aromatic N) is 2. The average molecular weight is 202 g/mol. The van der Waals surface area contributed by atoms with Gasteiger partial charge in [-0.3, -0.25) is 0 Å². The first-order valence-electron chi connectivity index (χ1n) is 3.78. The smallest absolute Gasteiger partial charge is 0.149 e. The molecular weight excluding hydrogens is 199 g/mol. The Hall–Kier alpha value is -1.91. The van der Waals surface area contributed by atoms with Crippen molar-refractivity contribution in [3.8, 4) is 12.1 Å². The number of fused-ring (bicyclic) bond motifs is 1. The molecule has 14 heavy (non-hydrogen) atoms. The third-order valence-corrected chi connectivity index (χ3v) is 2.87. The summed E-state index contributed by atoms with van der Waals surface area (Å²) in [6.45, 7) is 0. The molecule has 0 spiro atoms. The number of hydrogen-bond donors (Lipinski definition) is 0. The van der Waals surface area contributed by atoms with E-state index in [4.69, 9.17) is 10.5 Å². The third kappa shape index (κ3) is 1.14. The molecule has 0 unspecified atom stereocenters. The zero-order valence-corrected chi connectivity index (χ0v) is 7.73. The lowest BCUT2D eigenvalue weighted by Crippen LogP contribution is -1.82. The van der Waals surface area contributed by atoms with Crippen molar-refractivity contribution in [2.75, 3.05) is 0 Å². The van der Waals surface area contributed by atoms with Gasteiger partial charge in [0.25, 0.3) is 0 Å². The fourth-order valence-corrected chi connectivity index (χ4v) is 2.07. The zero-order chi connectivity index (χ0) is 10.1. The van der Waals surface area contributed by atoms with E-state index in [2.05, 4.69) is 0 Å². The minimum atomic E-state index is -0.539. The number of rotatable bonds is 0. The fraction of sp³-hybridized carbons (Fsp3) is 0. The van der Waals surface area contributed by atoms with Crippen molar-refractivity contribution in [2.45, 2.75) is 0 Å². The molecular formula is C10H3FN2S. The van der Waals surface area contributed by atoms with E-state index >= 15 is 0 Å².